The summed E-state index contributed by atoms with van der Waals surface area (Å²) in [5.74, 6) is 0. The summed E-state index contributed by atoms with van der Waals surface area (Å²) < 4.78 is 3.82. The van der Waals surface area contributed by atoms with Gasteiger partial charge < -0.3 is 0 Å². The SMILES string of the molecule is CCCCCC(CCCCCCBr)n1nnc(Br)c1Br. The second kappa shape index (κ2) is 11.2. The predicted molar refractivity (Wildman–Crippen MR) is 95.5 cm³/mol. The van der Waals surface area contributed by atoms with Crippen LogP contribution < -0.4 is 0 Å². The predicted octanol–water partition coefficient (Wildman–Crippen LogP) is 6.27. The van der Waals surface area contributed by atoms with E-state index in [1.165, 1.54) is 57.8 Å². The molecule has 0 saturated heterocycles. The van der Waals surface area contributed by atoms with Gasteiger partial charge in [0.25, 0.3) is 0 Å². The molecule has 0 N–H and O–H groups in total. The van der Waals surface area contributed by atoms with Gasteiger partial charge in [-0.1, -0.05) is 66.6 Å². The molecule has 116 valence electrons. The molecule has 3 nitrogen and oxygen atoms in total. The molecule has 0 aliphatic carbocycles. The number of hydrogen-bond donors (Lipinski definition) is 0. The van der Waals surface area contributed by atoms with E-state index in [0.717, 1.165) is 14.5 Å². The Morgan fingerprint density at radius 3 is 2.20 bits per heavy atom. The fraction of sp³-hybridized carbons (Fsp3) is 0.857. The van der Waals surface area contributed by atoms with Crippen LogP contribution in [0.1, 0.15) is 70.8 Å². The van der Waals surface area contributed by atoms with E-state index in [-0.39, 0.29) is 0 Å². The third kappa shape index (κ3) is 6.56. The Hall–Kier alpha value is 0.580. The smallest absolute Gasteiger partial charge is 0.162 e. The van der Waals surface area contributed by atoms with Crippen molar-refractivity contribution in [2.45, 2.75) is 70.8 Å². The molecular weight excluding hydrogens is 450 g/mol. The summed E-state index contributed by atoms with van der Waals surface area (Å²) >= 11 is 10.5. The molecule has 20 heavy (non-hydrogen) atoms. The van der Waals surface area contributed by atoms with E-state index >= 15 is 0 Å². The van der Waals surface area contributed by atoms with Crippen molar-refractivity contribution in [1.29, 1.82) is 0 Å². The van der Waals surface area contributed by atoms with Crippen molar-refractivity contribution in [3.63, 3.8) is 0 Å². The van der Waals surface area contributed by atoms with Gasteiger partial charge >= 0.3 is 0 Å². The normalized spacial score (nSPS) is 12.8. The van der Waals surface area contributed by atoms with Gasteiger partial charge in [-0.25, -0.2) is 4.68 Å². The highest BCUT2D eigenvalue weighted by atomic mass is 79.9. The lowest BCUT2D eigenvalue weighted by Crippen LogP contribution is -2.11. The van der Waals surface area contributed by atoms with Gasteiger partial charge in [0.15, 0.2) is 4.60 Å². The zero-order valence-corrected chi connectivity index (χ0v) is 16.9. The van der Waals surface area contributed by atoms with Crippen LogP contribution in [0.2, 0.25) is 0 Å². The third-order valence-corrected chi connectivity index (χ3v) is 5.87. The minimum atomic E-state index is 0.471. The fourth-order valence-electron chi connectivity index (χ4n) is 2.34. The lowest BCUT2D eigenvalue weighted by atomic mass is 10.0. The largest absolute Gasteiger partial charge is 0.234 e. The van der Waals surface area contributed by atoms with Crippen LogP contribution in [0.25, 0.3) is 0 Å². The zero-order chi connectivity index (χ0) is 14.8. The number of hydrogen-bond acceptors (Lipinski definition) is 2. The van der Waals surface area contributed by atoms with Crippen LogP contribution in [0, 0.1) is 0 Å². The standard InChI is InChI=1S/C14H24Br3N3/c1-2-3-6-9-12(10-7-4-5-8-11-15)20-14(17)13(16)18-19-20/h12H,2-11H2,1H3. The average Bonchev–Trinajstić information content (AvgIpc) is 2.77. The maximum Gasteiger partial charge on any atom is 0.162 e. The van der Waals surface area contributed by atoms with Crippen molar-refractivity contribution in [2.24, 2.45) is 0 Å². The highest BCUT2D eigenvalue weighted by molar-refractivity contribution is 9.13. The van der Waals surface area contributed by atoms with Crippen molar-refractivity contribution in [2.75, 3.05) is 5.33 Å². The third-order valence-electron chi connectivity index (χ3n) is 3.51. The van der Waals surface area contributed by atoms with Crippen molar-refractivity contribution >= 4 is 47.8 Å². The maximum absolute atomic E-state index is 4.27. The Morgan fingerprint density at radius 2 is 1.65 bits per heavy atom. The van der Waals surface area contributed by atoms with Crippen LogP contribution in [0.3, 0.4) is 0 Å². The topological polar surface area (TPSA) is 30.7 Å². The molecule has 0 aliphatic heterocycles. The molecule has 0 aliphatic rings. The minimum Gasteiger partial charge on any atom is -0.234 e. The molecule has 0 bridgehead atoms. The Morgan fingerprint density at radius 1 is 1.00 bits per heavy atom. The van der Waals surface area contributed by atoms with Crippen LogP contribution in [0.15, 0.2) is 9.21 Å². The Labute approximate surface area is 147 Å². The van der Waals surface area contributed by atoms with Gasteiger partial charge in [0, 0.05) is 5.33 Å². The van der Waals surface area contributed by atoms with Gasteiger partial charge in [0.1, 0.15) is 4.60 Å². The molecule has 1 heterocycles. The molecule has 0 spiro atoms. The number of aromatic nitrogens is 3. The first-order valence-corrected chi connectivity index (χ1v) is 10.2. The Kier molecular flexibility index (Phi) is 10.4. The van der Waals surface area contributed by atoms with Gasteiger partial charge in [-0.2, -0.15) is 0 Å². The first-order valence-electron chi connectivity index (χ1n) is 7.52. The summed E-state index contributed by atoms with van der Waals surface area (Å²) in [5, 5.41) is 9.49. The molecule has 1 aromatic rings. The van der Waals surface area contributed by atoms with Crippen LogP contribution in [0.5, 0.6) is 0 Å². The summed E-state index contributed by atoms with van der Waals surface area (Å²) in [6, 6.07) is 0.471. The number of rotatable bonds is 11. The zero-order valence-electron chi connectivity index (χ0n) is 12.1. The van der Waals surface area contributed by atoms with Crippen LogP contribution in [-0.4, -0.2) is 20.3 Å². The van der Waals surface area contributed by atoms with E-state index in [0.29, 0.717) is 6.04 Å². The summed E-state index contributed by atoms with van der Waals surface area (Å²) in [6.45, 7) is 2.25. The van der Waals surface area contributed by atoms with Gasteiger partial charge in [-0.05, 0) is 51.1 Å². The minimum absolute atomic E-state index is 0.471. The Bertz CT molecular complexity index is 369. The van der Waals surface area contributed by atoms with Gasteiger partial charge in [0.2, 0.25) is 0 Å². The molecule has 1 atom stereocenters. The van der Waals surface area contributed by atoms with Gasteiger partial charge in [-0.3, -0.25) is 0 Å². The highest BCUT2D eigenvalue weighted by Gasteiger charge is 2.17. The summed E-state index contributed by atoms with van der Waals surface area (Å²) in [6.07, 6.45) is 11.4. The second-order valence-electron chi connectivity index (χ2n) is 5.16. The number of nitrogens with zero attached hydrogens (tertiary/aromatic N) is 3. The molecule has 0 fully saturated rings. The molecule has 1 rings (SSSR count). The summed E-state index contributed by atoms with van der Waals surface area (Å²) in [5.41, 5.74) is 0. The van der Waals surface area contributed by atoms with E-state index in [1.54, 1.807) is 0 Å². The molecular formula is C14H24Br3N3. The second-order valence-corrected chi connectivity index (χ2v) is 7.45. The Balaban J connectivity index is 2.49. The molecule has 0 saturated carbocycles. The molecule has 6 heteroatoms. The maximum atomic E-state index is 4.27. The number of alkyl halides is 1. The molecule has 0 radical (unpaired) electrons. The van der Waals surface area contributed by atoms with E-state index in [4.69, 9.17) is 0 Å². The molecule has 1 aromatic heterocycles. The number of halogens is 3. The van der Waals surface area contributed by atoms with E-state index in [1.807, 2.05) is 4.68 Å². The first-order chi connectivity index (χ1) is 9.70. The van der Waals surface area contributed by atoms with Crippen molar-refractivity contribution in [3.05, 3.63) is 9.21 Å². The van der Waals surface area contributed by atoms with Crippen LogP contribution in [0.4, 0.5) is 0 Å². The van der Waals surface area contributed by atoms with Gasteiger partial charge in [-0.15, -0.1) is 5.10 Å². The quantitative estimate of drug-likeness (QED) is 0.280. The van der Waals surface area contributed by atoms with Crippen molar-refractivity contribution in [3.8, 4) is 0 Å². The first kappa shape index (κ1) is 18.6. The lowest BCUT2D eigenvalue weighted by molar-refractivity contribution is 0.358. The van der Waals surface area contributed by atoms with E-state index in [9.17, 15) is 0 Å². The summed E-state index contributed by atoms with van der Waals surface area (Å²) in [7, 11) is 0. The average molecular weight is 474 g/mol. The van der Waals surface area contributed by atoms with Crippen molar-refractivity contribution < 1.29 is 0 Å². The monoisotopic (exact) mass is 471 g/mol. The molecule has 0 aromatic carbocycles. The van der Waals surface area contributed by atoms with Crippen LogP contribution >= 0.6 is 47.8 Å². The highest BCUT2D eigenvalue weighted by Crippen LogP contribution is 2.29. The lowest BCUT2D eigenvalue weighted by Gasteiger charge is -2.17. The van der Waals surface area contributed by atoms with Crippen molar-refractivity contribution in [1.82, 2.24) is 15.0 Å². The summed E-state index contributed by atoms with van der Waals surface area (Å²) in [4.78, 5) is 0. The van der Waals surface area contributed by atoms with E-state index in [2.05, 4.69) is 65.0 Å². The fourth-order valence-corrected chi connectivity index (χ4v) is 3.43. The molecule has 0 amide bonds. The van der Waals surface area contributed by atoms with Crippen LogP contribution in [-0.2, 0) is 0 Å². The van der Waals surface area contributed by atoms with Gasteiger partial charge in [0.05, 0.1) is 6.04 Å². The number of unbranched alkanes of at least 4 members (excludes halogenated alkanes) is 5. The molecule has 1 unspecified atom stereocenters. The van der Waals surface area contributed by atoms with E-state index < -0.39 is 0 Å².